The van der Waals surface area contributed by atoms with Crippen molar-refractivity contribution in [3.05, 3.63) is 102 Å². The summed E-state index contributed by atoms with van der Waals surface area (Å²) in [6, 6.07) is 25.1. The Morgan fingerprint density at radius 3 is 2.23 bits per heavy atom. The molecule has 2 amide bonds. The van der Waals surface area contributed by atoms with Gasteiger partial charge in [0.15, 0.2) is 0 Å². The van der Waals surface area contributed by atoms with Crippen molar-refractivity contribution in [2.45, 2.75) is 19.4 Å². The van der Waals surface area contributed by atoms with Crippen LogP contribution in [0.15, 0.2) is 84.9 Å². The smallest absolute Gasteiger partial charge is 0.253 e. The van der Waals surface area contributed by atoms with Crippen molar-refractivity contribution >= 4 is 17.5 Å². The molecular weight excluding hydrogens is 391 g/mol. The van der Waals surface area contributed by atoms with E-state index in [2.05, 4.69) is 0 Å². The molecule has 4 rings (SSSR count). The van der Waals surface area contributed by atoms with Gasteiger partial charge in [-0.1, -0.05) is 48.5 Å². The molecule has 3 aromatic carbocycles. The highest BCUT2D eigenvalue weighted by molar-refractivity contribution is 5.97. The lowest BCUT2D eigenvalue weighted by atomic mass is 9.95. The lowest BCUT2D eigenvalue weighted by Gasteiger charge is -2.35. The summed E-state index contributed by atoms with van der Waals surface area (Å²) < 4.78 is 13.2. The molecule has 0 aromatic heterocycles. The number of nitrogens with zero attached hydrogens (tertiary/aromatic N) is 2. The first kappa shape index (κ1) is 20.8. The lowest BCUT2D eigenvalue weighted by Crippen LogP contribution is -2.46. The van der Waals surface area contributed by atoms with Crippen molar-refractivity contribution in [2.24, 2.45) is 5.92 Å². The van der Waals surface area contributed by atoms with Gasteiger partial charge in [0.05, 0.1) is 12.5 Å². The van der Waals surface area contributed by atoms with Gasteiger partial charge in [0.25, 0.3) is 5.91 Å². The molecule has 0 saturated carbocycles. The van der Waals surface area contributed by atoms with E-state index in [-0.39, 0.29) is 23.5 Å². The molecule has 158 valence electrons. The number of rotatable bonds is 5. The fourth-order valence-corrected chi connectivity index (χ4v) is 4.03. The fraction of sp³-hybridized carbons (Fsp3) is 0.231. The highest BCUT2D eigenvalue weighted by atomic mass is 19.1. The maximum absolute atomic E-state index is 13.6. The Labute approximate surface area is 181 Å². The van der Waals surface area contributed by atoms with Crippen LogP contribution in [0.25, 0.3) is 0 Å². The van der Waals surface area contributed by atoms with E-state index in [1.165, 1.54) is 24.3 Å². The highest BCUT2D eigenvalue weighted by Crippen LogP contribution is 2.25. The second-order valence-electron chi connectivity index (χ2n) is 7.84. The van der Waals surface area contributed by atoms with Gasteiger partial charge in [0, 0.05) is 24.3 Å². The molecule has 0 radical (unpaired) electrons. The van der Waals surface area contributed by atoms with E-state index in [4.69, 9.17) is 0 Å². The molecule has 0 spiro atoms. The zero-order valence-electron chi connectivity index (χ0n) is 17.3. The summed E-state index contributed by atoms with van der Waals surface area (Å²) >= 11 is 0. The number of carbonyl (C=O) groups excluding carboxylic acids is 2. The zero-order valence-corrected chi connectivity index (χ0v) is 17.3. The number of amides is 2. The molecule has 1 fully saturated rings. The van der Waals surface area contributed by atoms with Crippen LogP contribution in [-0.2, 0) is 11.3 Å². The molecule has 1 saturated heterocycles. The Balaban J connectivity index is 1.53. The normalized spacial score (nSPS) is 16.0. The predicted molar refractivity (Wildman–Crippen MR) is 119 cm³/mol. The van der Waals surface area contributed by atoms with Crippen LogP contribution in [0.1, 0.15) is 28.8 Å². The van der Waals surface area contributed by atoms with Crippen LogP contribution < -0.4 is 4.90 Å². The Morgan fingerprint density at radius 1 is 0.903 bits per heavy atom. The Hall–Kier alpha value is -3.47. The van der Waals surface area contributed by atoms with Gasteiger partial charge in [-0.3, -0.25) is 9.59 Å². The Morgan fingerprint density at radius 2 is 1.55 bits per heavy atom. The maximum Gasteiger partial charge on any atom is 0.253 e. The summed E-state index contributed by atoms with van der Waals surface area (Å²) in [6.07, 6.45) is 1.50. The molecule has 0 N–H and O–H groups in total. The third kappa shape index (κ3) is 5.00. The number of hydrogen-bond donors (Lipinski definition) is 0. The minimum Gasteiger partial charge on any atom is -0.338 e. The van der Waals surface area contributed by atoms with Gasteiger partial charge in [-0.25, -0.2) is 4.39 Å². The van der Waals surface area contributed by atoms with Crippen molar-refractivity contribution in [2.75, 3.05) is 18.0 Å². The van der Waals surface area contributed by atoms with Crippen molar-refractivity contribution < 1.29 is 14.0 Å². The monoisotopic (exact) mass is 416 g/mol. The Bertz CT molecular complexity index is 1020. The van der Waals surface area contributed by atoms with E-state index in [0.717, 1.165) is 24.1 Å². The van der Waals surface area contributed by atoms with Gasteiger partial charge in [-0.2, -0.15) is 0 Å². The molecule has 0 aliphatic carbocycles. The van der Waals surface area contributed by atoms with Crippen LogP contribution in [0, 0.1) is 11.7 Å². The summed E-state index contributed by atoms with van der Waals surface area (Å²) in [7, 11) is 0. The standard InChI is InChI=1S/C26H25FN2O2/c27-23-15-13-21(14-16-23)25(30)28-17-7-10-22(19-28)26(31)29(24-11-5-2-6-12-24)18-20-8-3-1-4-9-20/h1-6,8-9,11-16,22H,7,10,17-19H2. The van der Waals surface area contributed by atoms with Crippen LogP contribution in [0.3, 0.4) is 0 Å². The van der Waals surface area contributed by atoms with Crippen molar-refractivity contribution in [3.63, 3.8) is 0 Å². The first-order chi connectivity index (χ1) is 15.1. The fourth-order valence-electron chi connectivity index (χ4n) is 4.03. The van der Waals surface area contributed by atoms with E-state index >= 15 is 0 Å². The predicted octanol–water partition coefficient (Wildman–Crippen LogP) is 4.91. The summed E-state index contributed by atoms with van der Waals surface area (Å²) in [5, 5.41) is 0. The number of halogens is 1. The molecular formula is C26H25FN2O2. The lowest BCUT2D eigenvalue weighted by molar-refractivity contribution is -0.123. The summed E-state index contributed by atoms with van der Waals surface area (Å²) in [4.78, 5) is 30.0. The highest BCUT2D eigenvalue weighted by Gasteiger charge is 2.32. The van der Waals surface area contributed by atoms with Crippen molar-refractivity contribution in [3.8, 4) is 0 Å². The number of carbonyl (C=O) groups is 2. The van der Waals surface area contributed by atoms with E-state index in [0.29, 0.717) is 25.2 Å². The third-order valence-electron chi connectivity index (χ3n) is 5.67. The van der Waals surface area contributed by atoms with Gasteiger partial charge in [-0.05, 0) is 54.8 Å². The second kappa shape index (κ2) is 9.56. The molecule has 1 unspecified atom stereocenters. The van der Waals surface area contributed by atoms with Crippen LogP contribution in [0.5, 0.6) is 0 Å². The third-order valence-corrected chi connectivity index (χ3v) is 5.67. The molecule has 1 aliphatic heterocycles. The van der Waals surface area contributed by atoms with Gasteiger partial charge in [-0.15, -0.1) is 0 Å². The van der Waals surface area contributed by atoms with Crippen LogP contribution in [0.2, 0.25) is 0 Å². The van der Waals surface area contributed by atoms with Gasteiger partial charge < -0.3 is 9.80 Å². The number of hydrogen-bond acceptors (Lipinski definition) is 2. The van der Waals surface area contributed by atoms with Gasteiger partial charge in [0.1, 0.15) is 5.82 Å². The zero-order chi connectivity index (χ0) is 21.6. The van der Waals surface area contributed by atoms with E-state index in [1.54, 1.807) is 4.90 Å². The first-order valence-corrected chi connectivity index (χ1v) is 10.6. The first-order valence-electron chi connectivity index (χ1n) is 10.6. The summed E-state index contributed by atoms with van der Waals surface area (Å²) in [5.41, 5.74) is 2.34. The maximum atomic E-state index is 13.6. The molecule has 1 aliphatic rings. The van der Waals surface area contributed by atoms with Crippen LogP contribution in [-0.4, -0.2) is 29.8 Å². The number of para-hydroxylation sites is 1. The van der Waals surface area contributed by atoms with Gasteiger partial charge >= 0.3 is 0 Å². The number of likely N-dealkylation sites (tertiary alicyclic amines) is 1. The average Bonchev–Trinajstić information content (AvgIpc) is 2.83. The quantitative estimate of drug-likeness (QED) is 0.593. The van der Waals surface area contributed by atoms with E-state index < -0.39 is 0 Å². The summed E-state index contributed by atoms with van der Waals surface area (Å²) in [5.74, 6) is -0.789. The molecule has 3 aromatic rings. The minimum atomic E-state index is -0.373. The summed E-state index contributed by atoms with van der Waals surface area (Å²) in [6.45, 7) is 1.45. The Kier molecular flexibility index (Phi) is 6.41. The molecule has 1 heterocycles. The average molecular weight is 416 g/mol. The van der Waals surface area contributed by atoms with Crippen molar-refractivity contribution in [1.82, 2.24) is 4.90 Å². The molecule has 1 atom stereocenters. The SMILES string of the molecule is O=C(c1ccc(F)cc1)N1CCCC(C(=O)N(Cc2ccccc2)c2ccccc2)C1. The van der Waals surface area contributed by atoms with E-state index in [9.17, 15) is 14.0 Å². The largest absolute Gasteiger partial charge is 0.338 e. The minimum absolute atomic E-state index is 0.0201. The van der Waals surface area contributed by atoms with E-state index in [1.807, 2.05) is 65.6 Å². The van der Waals surface area contributed by atoms with Gasteiger partial charge in [0.2, 0.25) is 5.91 Å². The molecule has 31 heavy (non-hydrogen) atoms. The number of piperidine rings is 1. The van der Waals surface area contributed by atoms with Crippen LogP contribution in [0.4, 0.5) is 10.1 Å². The van der Waals surface area contributed by atoms with Crippen LogP contribution >= 0.6 is 0 Å². The molecule has 5 heteroatoms. The number of benzene rings is 3. The number of anilines is 1. The topological polar surface area (TPSA) is 40.6 Å². The molecule has 0 bridgehead atoms. The second-order valence-corrected chi connectivity index (χ2v) is 7.84. The molecule has 4 nitrogen and oxygen atoms in total. The van der Waals surface area contributed by atoms with Crippen molar-refractivity contribution in [1.29, 1.82) is 0 Å².